The molecule has 132 valence electrons. The summed E-state index contributed by atoms with van der Waals surface area (Å²) in [4.78, 5) is 12.3. The topological polar surface area (TPSA) is 59.3 Å². The molecule has 0 fully saturated rings. The van der Waals surface area contributed by atoms with Crippen LogP contribution in [-0.4, -0.2) is 21.9 Å². The van der Waals surface area contributed by atoms with Crippen LogP contribution in [0.25, 0.3) is 0 Å². The Bertz CT molecular complexity index is 962. The zero-order valence-electron chi connectivity index (χ0n) is 14.6. The van der Waals surface area contributed by atoms with E-state index >= 15 is 0 Å². The Labute approximate surface area is 151 Å². The number of aryl methyl sites for hydroxylation is 2. The van der Waals surface area contributed by atoms with Gasteiger partial charge in [0.1, 0.15) is 5.82 Å². The molecule has 3 rings (SSSR count). The van der Waals surface area contributed by atoms with Gasteiger partial charge in [0.05, 0.1) is 18.5 Å². The second kappa shape index (κ2) is 7.74. The summed E-state index contributed by atoms with van der Waals surface area (Å²) >= 11 is 0. The van der Waals surface area contributed by atoms with Crippen molar-refractivity contribution in [1.82, 2.24) is 15.2 Å². The summed E-state index contributed by atoms with van der Waals surface area (Å²) in [6, 6.07) is 15.5. The van der Waals surface area contributed by atoms with Crippen LogP contribution in [0.15, 0.2) is 59.7 Å². The molecule has 1 aromatic heterocycles. The summed E-state index contributed by atoms with van der Waals surface area (Å²) in [7, 11) is 0. The molecular formula is C20H19FN4O. The van der Waals surface area contributed by atoms with Crippen molar-refractivity contribution in [3.05, 3.63) is 88.5 Å². The number of rotatable bonds is 5. The highest BCUT2D eigenvalue weighted by molar-refractivity contribution is 5.95. The Morgan fingerprint density at radius 3 is 2.73 bits per heavy atom. The second-order valence-electron chi connectivity index (χ2n) is 6.01. The third kappa shape index (κ3) is 4.22. The van der Waals surface area contributed by atoms with Crippen molar-refractivity contribution in [3.8, 4) is 0 Å². The minimum atomic E-state index is -0.391. The van der Waals surface area contributed by atoms with Crippen LogP contribution in [0.1, 0.15) is 32.9 Å². The maximum atomic E-state index is 13.5. The maximum absolute atomic E-state index is 13.5. The number of benzene rings is 2. The number of hydrogen-bond donors (Lipinski definition) is 1. The predicted molar refractivity (Wildman–Crippen MR) is 98.7 cm³/mol. The molecule has 0 spiro atoms. The highest BCUT2D eigenvalue weighted by Gasteiger charge is 2.07. The van der Waals surface area contributed by atoms with Gasteiger partial charge >= 0.3 is 0 Å². The Morgan fingerprint density at radius 2 is 2.00 bits per heavy atom. The molecule has 2 aromatic carbocycles. The van der Waals surface area contributed by atoms with Gasteiger partial charge in [-0.25, -0.2) is 9.82 Å². The minimum absolute atomic E-state index is 0.311. The van der Waals surface area contributed by atoms with Crippen molar-refractivity contribution in [2.75, 3.05) is 0 Å². The molecule has 0 aliphatic rings. The van der Waals surface area contributed by atoms with Gasteiger partial charge in [0, 0.05) is 16.8 Å². The molecule has 0 aliphatic carbocycles. The van der Waals surface area contributed by atoms with Crippen molar-refractivity contribution in [2.45, 2.75) is 20.4 Å². The molecule has 0 saturated carbocycles. The summed E-state index contributed by atoms with van der Waals surface area (Å²) in [6.45, 7) is 4.52. The number of hydrazone groups is 1. The Kier molecular flexibility index (Phi) is 5.22. The van der Waals surface area contributed by atoms with Crippen LogP contribution in [0.3, 0.4) is 0 Å². The van der Waals surface area contributed by atoms with Crippen LogP contribution >= 0.6 is 0 Å². The first-order valence-electron chi connectivity index (χ1n) is 8.21. The Morgan fingerprint density at radius 1 is 1.19 bits per heavy atom. The van der Waals surface area contributed by atoms with Gasteiger partial charge in [0.2, 0.25) is 0 Å². The van der Waals surface area contributed by atoms with E-state index in [0.29, 0.717) is 17.7 Å². The first-order chi connectivity index (χ1) is 12.5. The molecule has 1 N–H and O–H groups in total. The number of carbonyl (C=O) groups is 1. The number of carbonyl (C=O) groups excluding carboxylic acids is 1. The lowest BCUT2D eigenvalue weighted by atomic mass is 10.1. The van der Waals surface area contributed by atoms with Gasteiger partial charge in [-0.1, -0.05) is 30.3 Å². The number of aromatic nitrogens is 2. The lowest BCUT2D eigenvalue weighted by Gasteiger charge is -2.06. The van der Waals surface area contributed by atoms with Crippen molar-refractivity contribution in [3.63, 3.8) is 0 Å². The summed E-state index contributed by atoms with van der Waals surface area (Å²) in [6.07, 6.45) is 1.28. The van der Waals surface area contributed by atoms with Crippen molar-refractivity contribution < 1.29 is 9.18 Å². The van der Waals surface area contributed by atoms with Crippen LogP contribution in [0, 0.1) is 19.7 Å². The van der Waals surface area contributed by atoms with E-state index < -0.39 is 5.82 Å². The maximum Gasteiger partial charge on any atom is 0.271 e. The zero-order chi connectivity index (χ0) is 18.5. The molecule has 6 heteroatoms. The minimum Gasteiger partial charge on any atom is -0.267 e. The summed E-state index contributed by atoms with van der Waals surface area (Å²) in [5.41, 5.74) is 6.19. The molecule has 0 bridgehead atoms. The fraction of sp³-hybridized carbons (Fsp3) is 0.150. The van der Waals surface area contributed by atoms with Crippen LogP contribution in [-0.2, 0) is 6.54 Å². The van der Waals surface area contributed by atoms with E-state index in [-0.39, 0.29) is 5.91 Å². The molecule has 5 nitrogen and oxygen atoms in total. The van der Waals surface area contributed by atoms with Gasteiger partial charge in [-0.2, -0.15) is 10.2 Å². The number of amides is 1. The fourth-order valence-corrected chi connectivity index (χ4v) is 2.62. The van der Waals surface area contributed by atoms with E-state index in [0.717, 1.165) is 17.0 Å². The standard InChI is InChI=1S/C20H19FN4O/c1-14-10-15(2)25(24-14)13-16-6-5-8-17(11-16)20(26)23-22-12-18-7-3-4-9-19(18)21/h3-12H,13H2,1-2H3,(H,23,26)/b22-12+. The number of halogens is 1. The number of nitrogens with zero attached hydrogens (tertiary/aromatic N) is 3. The van der Waals surface area contributed by atoms with Gasteiger partial charge in [-0.15, -0.1) is 0 Å². The van der Waals surface area contributed by atoms with Crippen LogP contribution in [0.2, 0.25) is 0 Å². The van der Waals surface area contributed by atoms with Gasteiger partial charge in [0.25, 0.3) is 5.91 Å². The first-order valence-corrected chi connectivity index (χ1v) is 8.21. The fourth-order valence-electron chi connectivity index (χ4n) is 2.62. The SMILES string of the molecule is Cc1cc(C)n(Cc2cccc(C(=O)N/N=C/c3ccccc3F)c2)n1. The van der Waals surface area contributed by atoms with E-state index in [1.165, 1.54) is 12.3 Å². The van der Waals surface area contributed by atoms with Gasteiger partial charge in [-0.3, -0.25) is 9.48 Å². The molecule has 0 atom stereocenters. The summed E-state index contributed by atoms with van der Waals surface area (Å²) in [5, 5.41) is 8.26. The third-order valence-electron chi connectivity index (χ3n) is 3.90. The van der Waals surface area contributed by atoms with E-state index in [4.69, 9.17) is 0 Å². The zero-order valence-corrected chi connectivity index (χ0v) is 14.6. The molecular weight excluding hydrogens is 331 g/mol. The quantitative estimate of drug-likeness (QED) is 0.566. The van der Waals surface area contributed by atoms with Crippen molar-refractivity contribution in [2.24, 2.45) is 5.10 Å². The highest BCUT2D eigenvalue weighted by atomic mass is 19.1. The molecule has 0 saturated heterocycles. The smallest absolute Gasteiger partial charge is 0.267 e. The average Bonchev–Trinajstić information content (AvgIpc) is 2.94. The summed E-state index contributed by atoms with van der Waals surface area (Å²) in [5.74, 6) is -0.745. The van der Waals surface area contributed by atoms with Crippen LogP contribution < -0.4 is 5.43 Å². The van der Waals surface area contributed by atoms with E-state index in [1.807, 2.05) is 36.7 Å². The lowest BCUT2D eigenvalue weighted by molar-refractivity contribution is 0.0955. The number of hydrogen-bond acceptors (Lipinski definition) is 3. The molecule has 0 radical (unpaired) electrons. The molecule has 0 unspecified atom stereocenters. The molecule has 1 heterocycles. The number of nitrogens with one attached hydrogen (secondary N) is 1. The molecule has 0 aliphatic heterocycles. The largest absolute Gasteiger partial charge is 0.271 e. The monoisotopic (exact) mass is 350 g/mol. The summed E-state index contributed by atoms with van der Waals surface area (Å²) < 4.78 is 15.4. The lowest BCUT2D eigenvalue weighted by Crippen LogP contribution is -2.18. The third-order valence-corrected chi connectivity index (χ3v) is 3.90. The normalized spacial score (nSPS) is 11.0. The van der Waals surface area contributed by atoms with Crippen LogP contribution in [0.4, 0.5) is 4.39 Å². The average molecular weight is 350 g/mol. The van der Waals surface area contributed by atoms with E-state index in [9.17, 15) is 9.18 Å². The van der Waals surface area contributed by atoms with E-state index in [1.54, 1.807) is 30.3 Å². The highest BCUT2D eigenvalue weighted by Crippen LogP contribution is 2.10. The molecule has 26 heavy (non-hydrogen) atoms. The van der Waals surface area contributed by atoms with Crippen molar-refractivity contribution in [1.29, 1.82) is 0 Å². The molecule has 1 amide bonds. The van der Waals surface area contributed by atoms with Crippen LogP contribution in [0.5, 0.6) is 0 Å². The van der Waals surface area contributed by atoms with E-state index in [2.05, 4.69) is 15.6 Å². The Hall–Kier alpha value is -3.28. The first kappa shape index (κ1) is 17.5. The predicted octanol–water partition coefficient (Wildman–Crippen LogP) is 3.45. The van der Waals surface area contributed by atoms with Gasteiger partial charge in [0.15, 0.2) is 0 Å². The van der Waals surface area contributed by atoms with Gasteiger partial charge < -0.3 is 0 Å². The second-order valence-corrected chi connectivity index (χ2v) is 6.01. The molecule has 3 aromatic rings. The van der Waals surface area contributed by atoms with Gasteiger partial charge in [-0.05, 0) is 43.7 Å². The Balaban J connectivity index is 1.68. The van der Waals surface area contributed by atoms with Crippen molar-refractivity contribution >= 4 is 12.1 Å².